The van der Waals surface area contributed by atoms with E-state index in [1.807, 2.05) is 0 Å². The number of fused-ring (bicyclic) bond motifs is 2. The number of rotatable bonds is 0. The Balaban J connectivity index is 0.00000144. The smallest absolute Gasteiger partial charge is 0.00111 e. The fraction of sp³-hybridized carbons (Fsp3) is 0.200. The van der Waals surface area contributed by atoms with Crippen molar-refractivity contribution in [3.8, 4) is 0 Å². The quantitative estimate of drug-likeness (QED) is 0.603. The number of halogens is 1. The van der Waals surface area contributed by atoms with Crippen molar-refractivity contribution in [1.29, 1.82) is 0 Å². The van der Waals surface area contributed by atoms with E-state index in [2.05, 4.69) is 66.0 Å². The Morgan fingerprint density at radius 2 is 1.18 bits per heavy atom. The van der Waals surface area contributed by atoms with E-state index in [9.17, 15) is 0 Å². The lowest BCUT2D eigenvalue weighted by Gasteiger charge is -2.22. The Bertz CT molecular complexity index is 683. The molecule has 2 aromatic rings. The number of hydrogen-bond donors (Lipinski definition) is 1. The van der Waals surface area contributed by atoms with Gasteiger partial charge in [0, 0.05) is 0 Å². The van der Waals surface area contributed by atoms with Crippen LogP contribution in [-0.4, -0.2) is 13.1 Å². The largest absolute Gasteiger partial charge is 0.316 e. The zero-order chi connectivity index (χ0) is 14.1. The van der Waals surface area contributed by atoms with Crippen molar-refractivity contribution in [2.75, 3.05) is 13.1 Å². The third-order valence-corrected chi connectivity index (χ3v) is 4.46. The summed E-state index contributed by atoms with van der Waals surface area (Å²) in [5.41, 5.74) is 8.49. The molecule has 1 nitrogen and oxygen atoms in total. The van der Waals surface area contributed by atoms with E-state index in [1.165, 1.54) is 27.8 Å². The monoisotopic (exact) mass is 353 g/mol. The molecule has 1 N–H and O–H groups in total. The number of hydrogen-bond acceptors (Lipinski definition) is 1. The first-order valence-electron chi connectivity index (χ1n) is 7.73. The first kappa shape index (κ1) is 15.3. The highest BCUT2D eigenvalue weighted by Gasteiger charge is 2.19. The summed E-state index contributed by atoms with van der Waals surface area (Å²) in [6.07, 6.45) is 6.81. The summed E-state index contributed by atoms with van der Waals surface area (Å²) in [6.45, 7) is 2.19. The zero-order valence-corrected chi connectivity index (χ0v) is 14.2. The van der Waals surface area contributed by atoms with Crippen LogP contribution in [0.5, 0.6) is 0 Å². The van der Waals surface area contributed by atoms with Gasteiger partial charge in [-0.05, 0) is 53.8 Å². The summed E-state index contributed by atoms with van der Waals surface area (Å²) in [5.74, 6) is 0. The van der Waals surface area contributed by atoms with Crippen LogP contribution in [0, 0.1) is 0 Å². The van der Waals surface area contributed by atoms with Crippen molar-refractivity contribution in [1.82, 2.24) is 5.32 Å². The Hall–Kier alpha value is -1.64. The van der Waals surface area contributed by atoms with Gasteiger partial charge in [0.2, 0.25) is 0 Å². The lowest BCUT2D eigenvalue weighted by Crippen LogP contribution is -2.24. The molecule has 0 spiro atoms. The third kappa shape index (κ3) is 2.69. The molecule has 1 saturated heterocycles. The lowest BCUT2D eigenvalue weighted by atomic mass is 9.86. The summed E-state index contributed by atoms with van der Waals surface area (Å²) in [5, 5.41) is 3.47. The molecule has 0 aromatic heterocycles. The maximum atomic E-state index is 3.47. The van der Waals surface area contributed by atoms with Gasteiger partial charge in [-0.25, -0.2) is 0 Å². The van der Waals surface area contributed by atoms with Gasteiger partial charge in [0.05, 0.1) is 0 Å². The van der Waals surface area contributed by atoms with Crippen molar-refractivity contribution in [2.45, 2.75) is 12.8 Å². The van der Waals surface area contributed by atoms with Crippen molar-refractivity contribution in [2.24, 2.45) is 0 Å². The SMILES string of the molecule is Br.C1=Cc2ccccc2C(=C2CCNCC2)c2ccccc21. The molecule has 1 heterocycles. The molecule has 1 aliphatic carbocycles. The van der Waals surface area contributed by atoms with Crippen LogP contribution in [0.25, 0.3) is 17.7 Å². The van der Waals surface area contributed by atoms with Gasteiger partial charge in [0.1, 0.15) is 0 Å². The minimum absolute atomic E-state index is 0. The molecular formula is C20H20BrN. The summed E-state index contributed by atoms with van der Waals surface area (Å²) in [7, 11) is 0. The average Bonchev–Trinajstić information content (AvgIpc) is 2.72. The van der Waals surface area contributed by atoms with Crippen LogP contribution in [0.15, 0.2) is 54.1 Å². The Morgan fingerprint density at radius 3 is 1.73 bits per heavy atom. The maximum absolute atomic E-state index is 3.47. The van der Waals surface area contributed by atoms with Crippen LogP contribution in [0.1, 0.15) is 35.1 Å². The van der Waals surface area contributed by atoms with Crippen molar-refractivity contribution < 1.29 is 0 Å². The minimum Gasteiger partial charge on any atom is -0.316 e. The van der Waals surface area contributed by atoms with Crippen molar-refractivity contribution >= 4 is 34.7 Å². The predicted octanol–water partition coefficient (Wildman–Crippen LogP) is 4.93. The molecule has 0 bridgehead atoms. The maximum Gasteiger partial charge on any atom is -0.00111 e. The van der Waals surface area contributed by atoms with E-state index in [0.29, 0.717) is 0 Å². The highest BCUT2D eigenvalue weighted by Crippen LogP contribution is 2.37. The van der Waals surface area contributed by atoms with Gasteiger partial charge in [-0.2, -0.15) is 0 Å². The van der Waals surface area contributed by atoms with Gasteiger partial charge in [0.25, 0.3) is 0 Å². The third-order valence-electron chi connectivity index (χ3n) is 4.46. The second-order valence-electron chi connectivity index (χ2n) is 5.74. The topological polar surface area (TPSA) is 12.0 Å². The summed E-state index contributed by atoms with van der Waals surface area (Å²) >= 11 is 0. The minimum atomic E-state index is 0. The van der Waals surface area contributed by atoms with Gasteiger partial charge in [-0.1, -0.05) is 66.3 Å². The van der Waals surface area contributed by atoms with E-state index < -0.39 is 0 Å². The summed E-state index contributed by atoms with van der Waals surface area (Å²) < 4.78 is 0. The number of benzene rings is 2. The second kappa shape index (κ2) is 6.64. The fourth-order valence-electron chi connectivity index (χ4n) is 3.42. The van der Waals surface area contributed by atoms with Crippen LogP contribution in [0.3, 0.4) is 0 Å². The van der Waals surface area contributed by atoms with E-state index in [1.54, 1.807) is 5.57 Å². The summed E-state index contributed by atoms with van der Waals surface area (Å²) in [6, 6.07) is 17.6. The zero-order valence-electron chi connectivity index (χ0n) is 12.5. The molecule has 0 radical (unpaired) electrons. The first-order valence-corrected chi connectivity index (χ1v) is 7.73. The van der Waals surface area contributed by atoms with Gasteiger partial charge in [0.15, 0.2) is 0 Å². The highest BCUT2D eigenvalue weighted by molar-refractivity contribution is 8.93. The first-order chi connectivity index (χ1) is 10.4. The molecule has 0 atom stereocenters. The molecule has 2 heteroatoms. The molecule has 112 valence electrons. The molecule has 0 saturated carbocycles. The average molecular weight is 354 g/mol. The van der Waals surface area contributed by atoms with Crippen molar-refractivity contribution in [3.63, 3.8) is 0 Å². The molecule has 2 aliphatic rings. The van der Waals surface area contributed by atoms with Gasteiger partial charge < -0.3 is 5.32 Å². The normalized spacial score (nSPS) is 16.4. The van der Waals surface area contributed by atoms with E-state index in [4.69, 9.17) is 0 Å². The Labute approximate surface area is 142 Å². The molecule has 1 aliphatic heterocycles. The van der Waals surface area contributed by atoms with Crippen LogP contribution >= 0.6 is 17.0 Å². The fourth-order valence-corrected chi connectivity index (χ4v) is 3.42. The second-order valence-corrected chi connectivity index (χ2v) is 5.74. The van der Waals surface area contributed by atoms with E-state index in [0.717, 1.165) is 25.9 Å². The van der Waals surface area contributed by atoms with Crippen molar-refractivity contribution in [3.05, 3.63) is 76.4 Å². The van der Waals surface area contributed by atoms with E-state index >= 15 is 0 Å². The molecule has 22 heavy (non-hydrogen) atoms. The molecule has 4 rings (SSSR count). The molecule has 1 fully saturated rings. The number of piperidine rings is 1. The standard InChI is InChI=1S/C20H19N.BrH/c1-3-7-18-15(5-1)9-10-16-6-2-4-8-19(16)20(18)17-11-13-21-14-12-17;/h1-10,21H,11-14H2;1H. The van der Waals surface area contributed by atoms with Gasteiger partial charge in [-0.3, -0.25) is 0 Å². The van der Waals surface area contributed by atoms with Crippen LogP contribution < -0.4 is 5.32 Å². The molecule has 0 amide bonds. The Kier molecular flexibility index (Phi) is 4.60. The highest BCUT2D eigenvalue weighted by atomic mass is 79.9. The van der Waals surface area contributed by atoms with Crippen LogP contribution in [0.2, 0.25) is 0 Å². The number of nitrogens with one attached hydrogen (secondary N) is 1. The summed E-state index contributed by atoms with van der Waals surface area (Å²) in [4.78, 5) is 0. The Morgan fingerprint density at radius 1 is 0.682 bits per heavy atom. The van der Waals surface area contributed by atoms with Gasteiger partial charge >= 0.3 is 0 Å². The van der Waals surface area contributed by atoms with E-state index in [-0.39, 0.29) is 17.0 Å². The molecular weight excluding hydrogens is 334 g/mol. The van der Waals surface area contributed by atoms with Crippen LogP contribution in [0.4, 0.5) is 0 Å². The molecule has 0 unspecified atom stereocenters. The van der Waals surface area contributed by atoms with Gasteiger partial charge in [-0.15, -0.1) is 17.0 Å². The van der Waals surface area contributed by atoms with Crippen LogP contribution in [-0.2, 0) is 0 Å². The molecule has 2 aromatic carbocycles. The predicted molar refractivity (Wildman–Crippen MR) is 100 cm³/mol. The lowest BCUT2D eigenvalue weighted by molar-refractivity contribution is 0.611.